The highest BCUT2D eigenvalue weighted by Gasteiger charge is 2.25. The number of nitrogens with zero attached hydrogens (tertiary/aromatic N) is 1. The minimum atomic E-state index is -0.0668. The number of hydrogen-bond acceptors (Lipinski definition) is 3. The van der Waals surface area contributed by atoms with Crippen LogP contribution in [0, 0.1) is 0 Å². The van der Waals surface area contributed by atoms with E-state index in [-0.39, 0.29) is 12.5 Å². The second-order valence-corrected chi connectivity index (χ2v) is 6.24. The van der Waals surface area contributed by atoms with Gasteiger partial charge in [0.1, 0.15) is 0 Å². The van der Waals surface area contributed by atoms with Crippen LogP contribution in [0.25, 0.3) is 0 Å². The summed E-state index contributed by atoms with van der Waals surface area (Å²) in [5.41, 5.74) is 4.39. The van der Waals surface area contributed by atoms with Crippen molar-refractivity contribution in [2.75, 3.05) is 18.6 Å². The van der Waals surface area contributed by atoms with Crippen LogP contribution in [-0.4, -0.2) is 30.7 Å². The molecule has 1 aliphatic rings. The van der Waals surface area contributed by atoms with Crippen LogP contribution >= 0.6 is 0 Å². The second kappa shape index (κ2) is 7.49. The molecule has 2 aromatic carbocycles. The number of rotatable bonds is 5. The molecule has 126 valence electrons. The molecule has 0 bridgehead atoms. The highest BCUT2D eigenvalue weighted by molar-refractivity contribution is 5.94. The van der Waals surface area contributed by atoms with Crippen molar-refractivity contribution in [3.8, 4) is 0 Å². The molecule has 2 aromatic rings. The van der Waals surface area contributed by atoms with Crippen LogP contribution < -0.4 is 10.2 Å². The third kappa shape index (κ3) is 3.44. The Morgan fingerprint density at radius 3 is 2.88 bits per heavy atom. The number of hydrogen-bond donors (Lipinski definition) is 2. The van der Waals surface area contributed by atoms with Gasteiger partial charge >= 0.3 is 0 Å². The van der Waals surface area contributed by atoms with E-state index in [1.807, 2.05) is 18.2 Å². The lowest BCUT2D eigenvalue weighted by Crippen LogP contribution is -2.39. The molecule has 0 saturated carbocycles. The molecule has 1 aliphatic heterocycles. The number of fused-ring (bicyclic) bond motifs is 1. The Hall–Kier alpha value is -2.33. The summed E-state index contributed by atoms with van der Waals surface area (Å²) in [7, 11) is 1.65. The van der Waals surface area contributed by atoms with Gasteiger partial charge in [-0.3, -0.25) is 4.79 Å². The molecule has 0 spiro atoms. The standard InChI is InChI=1S/C20H24N2O2/c1-21-20(24)17-7-4-5-15(13-17)14-22-18(11-12-23)10-9-16-6-2-3-8-19(16)22/h2-8,13,18,23H,9-12,14H2,1H3,(H,21,24). The summed E-state index contributed by atoms with van der Waals surface area (Å²) >= 11 is 0. The van der Waals surface area contributed by atoms with Crippen LogP contribution in [0.15, 0.2) is 48.5 Å². The highest BCUT2D eigenvalue weighted by Crippen LogP contribution is 2.33. The minimum Gasteiger partial charge on any atom is -0.396 e. The minimum absolute atomic E-state index is 0.0668. The van der Waals surface area contributed by atoms with Crippen molar-refractivity contribution in [3.63, 3.8) is 0 Å². The SMILES string of the molecule is CNC(=O)c1cccc(CN2c3ccccc3CCC2CCO)c1. The van der Waals surface area contributed by atoms with Gasteiger partial charge in [0.25, 0.3) is 5.91 Å². The van der Waals surface area contributed by atoms with Gasteiger partial charge in [0.05, 0.1) is 0 Å². The summed E-state index contributed by atoms with van der Waals surface area (Å²) in [6, 6.07) is 16.6. The lowest BCUT2D eigenvalue weighted by molar-refractivity contribution is 0.0963. The Bertz CT molecular complexity index is 714. The van der Waals surface area contributed by atoms with Crippen molar-refractivity contribution in [3.05, 3.63) is 65.2 Å². The Kier molecular flexibility index (Phi) is 5.16. The first-order valence-corrected chi connectivity index (χ1v) is 8.49. The quantitative estimate of drug-likeness (QED) is 0.889. The van der Waals surface area contributed by atoms with E-state index in [0.717, 1.165) is 31.4 Å². The number of para-hydroxylation sites is 1. The molecular weight excluding hydrogens is 300 g/mol. The van der Waals surface area contributed by atoms with Crippen molar-refractivity contribution < 1.29 is 9.90 Å². The van der Waals surface area contributed by atoms with Crippen LogP contribution in [0.4, 0.5) is 5.69 Å². The van der Waals surface area contributed by atoms with Gasteiger partial charge in [-0.15, -0.1) is 0 Å². The summed E-state index contributed by atoms with van der Waals surface area (Å²) in [6.07, 6.45) is 2.87. The molecule has 3 rings (SSSR count). The number of carbonyl (C=O) groups is 1. The van der Waals surface area contributed by atoms with E-state index >= 15 is 0 Å². The number of aryl methyl sites for hydroxylation is 1. The highest BCUT2D eigenvalue weighted by atomic mass is 16.3. The number of benzene rings is 2. The zero-order valence-corrected chi connectivity index (χ0v) is 14.0. The van der Waals surface area contributed by atoms with Crippen molar-refractivity contribution in [2.24, 2.45) is 0 Å². The van der Waals surface area contributed by atoms with Crippen molar-refractivity contribution >= 4 is 11.6 Å². The van der Waals surface area contributed by atoms with E-state index in [4.69, 9.17) is 0 Å². The first-order chi connectivity index (χ1) is 11.7. The van der Waals surface area contributed by atoms with Gasteiger partial charge in [-0.25, -0.2) is 0 Å². The number of carbonyl (C=O) groups excluding carboxylic acids is 1. The topological polar surface area (TPSA) is 52.6 Å². The molecule has 0 radical (unpaired) electrons. The maximum atomic E-state index is 11.9. The summed E-state index contributed by atoms with van der Waals surface area (Å²) in [6.45, 7) is 0.939. The molecule has 1 atom stereocenters. The Morgan fingerprint density at radius 1 is 1.25 bits per heavy atom. The predicted molar refractivity (Wildman–Crippen MR) is 96.3 cm³/mol. The normalized spacial score (nSPS) is 16.6. The number of nitrogens with one attached hydrogen (secondary N) is 1. The Labute approximate surface area is 143 Å². The molecule has 1 unspecified atom stereocenters. The van der Waals surface area contributed by atoms with Crippen molar-refractivity contribution in [1.82, 2.24) is 5.32 Å². The molecule has 1 amide bonds. The van der Waals surface area contributed by atoms with Gasteiger partial charge in [-0.1, -0.05) is 30.3 Å². The largest absolute Gasteiger partial charge is 0.396 e. The first kappa shape index (κ1) is 16.5. The van der Waals surface area contributed by atoms with Gasteiger partial charge in [0.2, 0.25) is 0 Å². The molecule has 0 aromatic heterocycles. The lowest BCUT2D eigenvalue weighted by atomic mass is 9.93. The van der Waals surface area contributed by atoms with E-state index in [9.17, 15) is 9.90 Å². The fraction of sp³-hybridized carbons (Fsp3) is 0.350. The number of aliphatic hydroxyl groups excluding tert-OH is 1. The number of amides is 1. The monoisotopic (exact) mass is 324 g/mol. The predicted octanol–water partition coefficient (Wildman–Crippen LogP) is 2.75. The molecule has 0 aliphatic carbocycles. The molecule has 4 nitrogen and oxygen atoms in total. The van der Waals surface area contributed by atoms with Crippen LogP contribution in [0.3, 0.4) is 0 Å². The maximum absolute atomic E-state index is 11.9. The molecule has 1 heterocycles. The van der Waals surface area contributed by atoms with Crippen LogP contribution in [-0.2, 0) is 13.0 Å². The smallest absolute Gasteiger partial charge is 0.251 e. The molecule has 24 heavy (non-hydrogen) atoms. The molecule has 0 saturated heterocycles. The Balaban J connectivity index is 1.90. The molecular formula is C20H24N2O2. The number of anilines is 1. The molecule has 0 fully saturated rings. The van der Waals surface area contributed by atoms with Crippen LogP contribution in [0.5, 0.6) is 0 Å². The van der Waals surface area contributed by atoms with Gasteiger partial charge in [0.15, 0.2) is 0 Å². The molecule has 4 heteroatoms. The zero-order chi connectivity index (χ0) is 16.9. The Morgan fingerprint density at radius 2 is 2.08 bits per heavy atom. The zero-order valence-electron chi connectivity index (χ0n) is 14.0. The van der Waals surface area contributed by atoms with E-state index < -0.39 is 0 Å². The third-order valence-electron chi connectivity index (χ3n) is 4.72. The van der Waals surface area contributed by atoms with Crippen molar-refractivity contribution in [2.45, 2.75) is 31.8 Å². The van der Waals surface area contributed by atoms with Gasteiger partial charge < -0.3 is 15.3 Å². The average Bonchev–Trinajstić information content (AvgIpc) is 2.63. The summed E-state index contributed by atoms with van der Waals surface area (Å²) in [5.74, 6) is -0.0668. The lowest BCUT2D eigenvalue weighted by Gasteiger charge is -2.39. The summed E-state index contributed by atoms with van der Waals surface area (Å²) in [5, 5.41) is 12.1. The van der Waals surface area contributed by atoms with Gasteiger partial charge in [0, 0.05) is 37.5 Å². The second-order valence-electron chi connectivity index (χ2n) is 6.24. The summed E-state index contributed by atoms with van der Waals surface area (Å²) < 4.78 is 0. The third-order valence-corrected chi connectivity index (χ3v) is 4.72. The van der Waals surface area contributed by atoms with E-state index in [1.54, 1.807) is 7.05 Å². The van der Waals surface area contributed by atoms with Crippen LogP contribution in [0.1, 0.15) is 34.3 Å². The fourth-order valence-electron chi connectivity index (χ4n) is 3.49. The first-order valence-electron chi connectivity index (χ1n) is 8.49. The average molecular weight is 324 g/mol. The fourth-order valence-corrected chi connectivity index (χ4v) is 3.49. The van der Waals surface area contributed by atoms with Crippen LogP contribution in [0.2, 0.25) is 0 Å². The summed E-state index contributed by atoms with van der Waals surface area (Å²) in [4.78, 5) is 14.2. The maximum Gasteiger partial charge on any atom is 0.251 e. The van der Waals surface area contributed by atoms with E-state index in [0.29, 0.717) is 11.6 Å². The number of aliphatic hydroxyl groups is 1. The van der Waals surface area contributed by atoms with Crippen molar-refractivity contribution in [1.29, 1.82) is 0 Å². The van der Waals surface area contributed by atoms with E-state index in [2.05, 4.69) is 40.5 Å². The molecule has 2 N–H and O–H groups in total. The van der Waals surface area contributed by atoms with Gasteiger partial charge in [-0.05, 0) is 48.6 Å². The van der Waals surface area contributed by atoms with E-state index in [1.165, 1.54) is 11.3 Å². The van der Waals surface area contributed by atoms with Gasteiger partial charge in [-0.2, -0.15) is 0 Å².